The van der Waals surface area contributed by atoms with Crippen LogP contribution in [0.25, 0.3) is 0 Å². The number of anilines is 1. The van der Waals surface area contributed by atoms with Gasteiger partial charge in [0, 0.05) is 17.7 Å². The Balaban J connectivity index is 1.28. The highest BCUT2D eigenvalue weighted by atomic mass is 19.3. The third kappa shape index (κ3) is 4.54. The molecule has 0 unspecified atom stereocenters. The third-order valence-corrected chi connectivity index (χ3v) is 6.92. The number of halogens is 2. The Kier molecular flexibility index (Phi) is 5.49. The van der Waals surface area contributed by atoms with Gasteiger partial charge in [-0.25, -0.2) is 0 Å². The zero-order chi connectivity index (χ0) is 20.6. The van der Waals surface area contributed by atoms with E-state index in [2.05, 4.69) is 15.4 Å². The van der Waals surface area contributed by atoms with E-state index in [1.807, 2.05) is 0 Å². The summed E-state index contributed by atoms with van der Waals surface area (Å²) in [5.74, 6) is 1.90. The van der Waals surface area contributed by atoms with Crippen molar-refractivity contribution >= 4 is 17.5 Å². The molecule has 0 aliphatic heterocycles. The number of ether oxygens (including phenoxy) is 1. The zero-order valence-corrected chi connectivity index (χ0v) is 16.7. The van der Waals surface area contributed by atoms with Crippen LogP contribution in [0.5, 0.6) is 5.75 Å². The summed E-state index contributed by atoms with van der Waals surface area (Å²) in [5.41, 5.74) is 0.942. The molecule has 5 nitrogen and oxygen atoms in total. The molecule has 4 bridgehead atoms. The van der Waals surface area contributed by atoms with E-state index in [-0.39, 0.29) is 29.5 Å². The summed E-state index contributed by atoms with van der Waals surface area (Å²) in [4.78, 5) is 24.8. The summed E-state index contributed by atoms with van der Waals surface area (Å²) in [6.45, 7) is -1.47. The Morgan fingerprint density at radius 1 is 1.10 bits per heavy atom. The Morgan fingerprint density at radius 3 is 2.31 bits per heavy atom. The minimum absolute atomic E-state index is 0.0173. The molecule has 0 saturated heterocycles. The number of hydrogen-bond acceptors (Lipinski definition) is 3. The third-order valence-electron chi connectivity index (χ3n) is 6.92. The molecule has 4 aliphatic carbocycles. The lowest BCUT2D eigenvalue weighted by atomic mass is 9.49. The van der Waals surface area contributed by atoms with E-state index in [1.165, 1.54) is 31.4 Å². The number of rotatable bonds is 7. The van der Waals surface area contributed by atoms with Crippen LogP contribution in [0.15, 0.2) is 18.2 Å². The summed E-state index contributed by atoms with van der Waals surface area (Å²) in [5, 5.41) is 5.40. The van der Waals surface area contributed by atoms with E-state index in [1.54, 1.807) is 13.0 Å². The molecule has 1 aromatic carbocycles. The van der Waals surface area contributed by atoms with Crippen LogP contribution in [0.1, 0.15) is 50.5 Å². The second-order valence-electron chi connectivity index (χ2n) is 9.23. The standard InChI is InChI=1S/C22H28F2N2O3/c1-13-17(3-2-4-18(13)29-21(23)24)26-20(28)12-25-19(27)11-22-8-14-5-15(9-22)7-16(6-14)10-22/h2-4,14-16,21H,5-12H2,1H3,(H,25,27)(H,26,28). The highest BCUT2D eigenvalue weighted by Gasteiger charge is 2.51. The van der Waals surface area contributed by atoms with Crippen LogP contribution in [-0.2, 0) is 9.59 Å². The molecule has 4 fully saturated rings. The fourth-order valence-corrected chi connectivity index (χ4v) is 6.26. The van der Waals surface area contributed by atoms with Crippen LogP contribution in [-0.4, -0.2) is 25.0 Å². The van der Waals surface area contributed by atoms with Crippen molar-refractivity contribution in [1.82, 2.24) is 5.32 Å². The normalized spacial score (nSPS) is 29.7. The molecule has 1 aromatic rings. The first-order valence-corrected chi connectivity index (χ1v) is 10.4. The summed E-state index contributed by atoms with van der Waals surface area (Å²) in [6.07, 6.45) is 7.93. The number of hydrogen-bond donors (Lipinski definition) is 2. The Labute approximate surface area is 169 Å². The molecule has 2 amide bonds. The highest BCUT2D eigenvalue weighted by molar-refractivity contribution is 5.95. The summed E-state index contributed by atoms with van der Waals surface area (Å²) < 4.78 is 29.4. The van der Waals surface area contributed by atoms with Crippen LogP contribution >= 0.6 is 0 Å². The van der Waals surface area contributed by atoms with E-state index in [0.29, 0.717) is 17.7 Å². The molecule has 0 spiro atoms. The Morgan fingerprint density at radius 2 is 1.72 bits per heavy atom. The lowest BCUT2D eigenvalue weighted by molar-refractivity contribution is -0.131. The molecule has 2 N–H and O–H groups in total. The van der Waals surface area contributed by atoms with Crippen molar-refractivity contribution < 1.29 is 23.1 Å². The predicted molar refractivity (Wildman–Crippen MR) is 105 cm³/mol. The van der Waals surface area contributed by atoms with Crippen LogP contribution in [0.3, 0.4) is 0 Å². The fourth-order valence-electron chi connectivity index (χ4n) is 6.26. The molecule has 0 heterocycles. The number of nitrogens with one attached hydrogen (secondary N) is 2. The van der Waals surface area contributed by atoms with Gasteiger partial charge in [0.2, 0.25) is 11.8 Å². The number of amides is 2. The van der Waals surface area contributed by atoms with Gasteiger partial charge in [0.25, 0.3) is 0 Å². The minimum Gasteiger partial charge on any atom is -0.434 e. The molecule has 29 heavy (non-hydrogen) atoms. The van der Waals surface area contributed by atoms with Gasteiger partial charge in [0.15, 0.2) is 0 Å². The molecule has 158 valence electrons. The lowest BCUT2D eigenvalue weighted by Gasteiger charge is -2.56. The van der Waals surface area contributed by atoms with Crippen molar-refractivity contribution in [1.29, 1.82) is 0 Å². The van der Waals surface area contributed by atoms with Crippen molar-refractivity contribution in [3.63, 3.8) is 0 Å². The van der Waals surface area contributed by atoms with E-state index < -0.39 is 6.61 Å². The van der Waals surface area contributed by atoms with Crippen LogP contribution in [0.2, 0.25) is 0 Å². The topological polar surface area (TPSA) is 67.4 Å². The summed E-state index contributed by atoms with van der Waals surface area (Å²) in [7, 11) is 0. The second-order valence-corrected chi connectivity index (χ2v) is 9.23. The average molecular weight is 406 g/mol. The Bertz CT molecular complexity index is 761. The van der Waals surface area contributed by atoms with Crippen molar-refractivity contribution in [3.8, 4) is 5.75 Å². The van der Waals surface area contributed by atoms with Gasteiger partial charge >= 0.3 is 6.61 Å². The van der Waals surface area contributed by atoms with Crippen molar-refractivity contribution in [2.45, 2.75) is 58.5 Å². The molecular formula is C22H28F2N2O3. The van der Waals surface area contributed by atoms with Gasteiger partial charge in [-0.05, 0) is 80.8 Å². The van der Waals surface area contributed by atoms with Crippen LogP contribution < -0.4 is 15.4 Å². The minimum atomic E-state index is -2.93. The predicted octanol–water partition coefficient (Wildman–Crippen LogP) is 4.26. The molecule has 0 atom stereocenters. The van der Waals surface area contributed by atoms with Gasteiger partial charge in [-0.15, -0.1) is 0 Å². The second kappa shape index (κ2) is 7.92. The average Bonchev–Trinajstić information content (AvgIpc) is 2.61. The van der Waals surface area contributed by atoms with Crippen molar-refractivity contribution in [2.75, 3.05) is 11.9 Å². The molecular weight excluding hydrogens is 378 g/mol. The summed E-state index contributed by atoms with van der Waals surface area (Å²) >= 11 is 0. The maximum Gasteiger partial charge on any atom is 0.387 e. The molecule has 0 aromatic heterocycles. The van der Waals surface area contributed by atoms with Crippen molar-refractivity contribution in [2.24, 2.45) is 23.2 Å². The Hall–Kier alpha value is -2.18. The van der Waals surface area contributed by atoms with E-state index in [0.717, 1.165) is 37.0 Å². The fraction of sp³-hybridized carbons (Fsp3) is 0.636. The van der Waals surface area contributed by atoms with E-state index in [9.17, 15) is 18.4 Å². The SMILES string of the molecule is Cc1c(NC(=O)CNC(=O)CC23CC4CC(CC(C4)C2)C3)cccc1OC(F)F. The summed E-state index contributed by atoms with van der Waals surface area (Å²) in [6, 6.07) is 4.57. The first-order chi connectivity index (χ1) is 13.8. The van der Waals surface area contributed by atoms with Gasteiger partial charge in [-0.3, -0.25) is 9.59 Å². The number of alkyl halides is 2. The van der Waals surface area contributed by atoms with Crippen LogP contribution in [0, 0.1) is 30.1 Å². The van der Waals surface area contributed by atoms with Gasteiger partial charge in [0.05, 0.1) is 6.54 Å². The highest BCUT2D eigenvalue weighted by Crippen LogP contribution is 2.61. The number of carbonyl (C=O) groups is 2. The maximum absolute atomic E-state index is 12.5. The molecule has 4 aliphatic rings. The van der Waals surface area contributed by atoms with Crippen LogP contribution in [0.4, 0.5) is 14.5 Å². The first kappa shape index (κ1) is 20.1. The number of benzene rings is 1. The zero-order valence-electron chi connectivity index (χ0n) is 16.7. The maximum atomic E-state index is 12.5. The monoisotopic (exact) mass is 406 g/mol. The van der Waals surface area contributed by atoms with Gasteiger partial charge in [-0.2, -0.15) is 8.78 Å². The molecule has 0 radical (unpaired) electrons. The van der Waals surface area contributed by atoms with Gasteiger partial charge < -0.3 is 15.4 Å². The van der Waals surface area contributed by atoms with E-state index >= 15 is 0 Å². The quantitative estimate of drug-likeness (QED) is 0.711. The van der Waals surface area contributed by atoms with Gasteiger partial charge in [-0.1, -0.05) is 6.07 Å². The van der Waals surface area contributed by atoms with Crippen molar-refractivity contribution in [3.05, 3.63) is 23.8 Å². The number of carbonyl (C=O) groups excluding carboxylic acids is 2. The molecule has 7 heteroatoms. The molecule has 5 rings (SSSR count). The smallest absolute Gasteiger partial charge is 0.387 e. The molecule has 4 saturated carbocycles. The first-order valence-electron chi connectivity index (χ1n) is 10.4. The van der Waals surface area contributed by atoms with E-state index in [4.69, 9.17) is 0 Å². The largest absolute Gasteiger partial charge is 0.434 e. The lowest BCUT2D eigenvalue weighted by Crippen LogP contribution is -2.48. The van der Waals surface area contributed by atoms with Gasteiger partial charge in [0.1, 0.15) is 5.75 Å².